The molecule has 2 aromatic heterocycles. The molecule has 2 heterocycles. The highest BCUT2D eigenvalue weighted by Gasteiger charge is 2.18. The van der Waals surface area contributed by atoms with Crippen LogP contribution in [0.4, 0.5) is 5.69 Å². The second kappa shape index (κ2) is 7.54. The SMILES string of the molecule is CCc1ccccc1N(C)C(=O)Cn1cnc2nc3c(cc2c1=O)CCCC3. The number of benzene rings is 1. The number of nitrogens with zero attached hydrogens (tertiary/aromatic N) is 4. The van der Waals surface area contributed by atoms with E-state index in [1.165, 1.54) is 10.9 Å². The number of amides is 1. The van der Waals surface area contributed by atoms with Crippen LogP contribution in [0, 0.1) is 0 Å². The van der Waals surface area contributed by atoms with Crippen LogP contribution in [0.25, 0.3) is 11.0 Å². The summed E-state index contributed by atoms with van der Waals surface area (Å²) in [6.45, 7) is 2.01. The predicted octanol–water partition coefficient (Wildman–Crippen LogP) is 2.90. The van der Waals surface area contributed by atoms with Gasteiger partial charge in [-0.25, -0.2) is 9.97 Å². The summed E-state index contributed by atoms with van der Waals surface area (Å²) in [6, 6.07) is 9.73. The van der Waals surface area contributed by atoms with Crippen LogP contribution in [0.1, 0.15) is 36.6 Å². The third kappa shape index (κ3) is 3.30. The van der Waals surface area contributed by atoms with Gasteiger partial charge in [0.25, 0.3) is 5.56 Å². The molecule has 0 bridgehead atoms. The monoisotopic (exact) mass is 376 g/mol. The summed E-state index contributed by atoms with van der Waals surface area (Å²) in [6.07, 6.45) is 6.40. The summed E-state index contributed by atoms with van der Waals surface area (Å²) < 4.78 is 1.38. The van der Waals surface area contributed by atoms with Crippen LogP contribution >= 0.6 is 0 Å². The molecule has 1 amide bonds. The van der Waals surface area contributed by atoms with Gasteiger partial charge in [0.05, 0.1) is 5.39 Å². The Kier molecular flexibility index (Phi) is 4.94. The largest absolute Gasteiger partial charge is 0.314 e. The molecule has 0 spiro atoms. The quantitative estimate of drug-likeness (QED) is 0.702. The highest BCUT2D eigenvalue weighted by molar-refractivity contribution is 5.93. The topological polar surface area (TPSA) is 68.1 Å². The fraction of sp³-hybridized carbons (Fsp3) is 0.364. The van der Waals surface area contributed by atoms with Gasteiger partial charge in [0.15, 0.2) is 5.65 Å². The van der Waals surface area contributed by atoms with E-state index in [0.717, 1.165) is 54.6 Å². The van der Waals surface area contributed by atoms with Crippen LogP contribution < -0.4 is 10.5 Å². The van der Waals surface area contributed by atoms with Crippen molar-refractivity contribution in [1.82, 2.24) is 14.5 Å². The molecule has 6 heteroatoms. The molecular formula is C22H24N4O2. The maximum Gasteiger partial charge on any atom is 0.263 e. The molecule has 4 rings (SSSR count). The Morgan fingerprint density at radius 2 is 2.00 bits per heavy atom. The Balaban J connectivity index is 1.65. The van der Waals surface area contributed by atoms with Crippen molar-refractivity contribution in [3.8, 4) is 0 Å². The molecule has 0 unspecified atom stereocenters. The number of aryl methyl sites for hydroxylation is 3. The summed E-state index contributed by atoms with van der Waals surface area (Å²) in [5.74, 6) is -0.157. The van der Waals surface area contributed by atoms with Crippen molar-refractivity contribution < 1.29 is 4.79 Å². The lowest BCUT2D eigenvalue weighted by molar-refractivity contribution is -0.118. The van der Waals surface area contributed by atoms with Gasteiger partial charge in [-0.2, -0.15) is 0 Å². The van der Waals surface area contributed by atoms with Crippen molar-refractivity contribution in [2.75, 3.05) is 11.9 Å². The first kappa shape index (κ1) is 18.3. The van der Waals surface area contributed by atoms with Crippen molar-refractivity contribution in [3.63, 3.8) is 0 Å². The van der Waals surface area contributed by atoms with Crippen LogP contribution in [0.5, 0.6) is 0 Å². The third-order valence-electron chi connectivity index (χ3n) is 5.50. The molecule has 1 aliphatic rings. The number of carbonyl (C=O) groups excluding carboxylic acids is 1. The van der Waals surface area contributed by atoms with E-state index in [1.807, 2.05) is 30.3 Å². The first-order valence-electron chi connectivity index (χ1n) is 9.81. The first-order valence-corrected chi connectivity index (χ1v) is 9.81. The molecule has 0 saturated carbocycles. The fourth-order valence-corrected chi connectivity index (χ4v) is 3.85. The van der Waals surface area contributed by atoms with Crippen LogP contribution in [0.15, 0.2) is 41.5 Å². The molecule has 28 heavy (non-hydrogen) atoms. The van der Waals surface area contributed by atoms with Crippen molar-refractivity contribution in [2.24, 2.45) is 0 Å². The summed E-state index contributed by atoms with van der Waals surface area (Å²) in [4.78, 5) is 36.3. The Bertz CT molecular complexity index is 1100. The Morgan fingerprint density at radius 1 is 1.21 bits per heavy atom. The maximum atomic E-state index is 12.9. The molecule has 0 fully saturated rings. The lowest BCUT2D eigenvalue weighted by atomic mass is 9.95. The van der Waals surface area contributed by atoms with Crippen molar-refractivity contribution in [3.05, 3.63) is 63.8 Å². The van der Waals surface area contributed by atoms with Gasteiger partial charge in [-0.1, -0.05) is 25.1 Å². The predicted molar refractivity (Wildman–Crippen MR) is 110 cm³/mol. The van der Waals surface area contributed by atoms with Crippen LogP contribution in [-0.4, -0.2) is 27.5 Å². The van der Waals surface area contributed by atoms with Gasteiger partial charge < -0.3 is 4.90 Å². The van der Waals surface area contributed by atoms with Gasteiger partial charge >= 0.3 is 0 Å². The second-order valence-electron chi connectivity index (χ2n) is 7.29. The minimum absolute atomic E-state index is 0.0482. The standard InChI is InChI=1S/C22H24N4O2/c1-3-15-8-5-7-11-19(15)25(2)20(27)13-26-14-23-21-17(22(26)28)12-16-9-4-6-10-18(16)24-21/h5,7-8,11-12,14H,3-4,6,9-10,13H2,1-2H3. The van der Waals surface area contributed by atoms with Gasteiger partial charge in [0.2, 0.25) is 5.91 Å². The van der Waals surface area contributed by atoms with Gasteiger partial charge in [-0.3, -0.25) is 14.2 Å². The molecule has 144 valence electrons. The summed E-state index contributed by atoms with van der Waals surface area (Å²) >= 11 is 0. The van der Waals surface area contributed by atoms with Gasteiger partial charge in [-0.05, 0) is 55.4 Å². The number of likely N-dealkylation sites (N-methyl/N-ethyl adjacent to an activating group) is 1. The van der Waals surface area contributed by atoms with Crippen molar-refractivity contribution >= 4 is 22.6 Å². The maximum absolute atomic E-state index is 12.9. The smallest absolute Gasteiger partial charge is 0.263 e. The molecular weight excluding hydrogens is 352 g/mol. The van der Waals surface area contributed by atoms with E-state index in [1.54, 1.807) is 11.9 Å². The molecule has 1 aromatic carbocycles. The first-order chi connectivity index (χ1) is 13.6. The number of carbonyl (C=O) groups is 1. The van der Waals surface area contributed by atoms with E-state index < -0.39 is 0 Å². The van der Waals surface area contributed by atoms with Crippen LogP contribution in [0.2, 0.25) is 0 Å². The number of fused-ring (bicyclic) bond motifs is 2. The lowest BCUT2D eigenvalue weighted by Crippen LogP contribution is -2.34. The molecule has 6 nitrogen and oxygen atoms in total. The van der Waals surface area contributed by atoms with Gasteiger partial charge in [0, 0.05) is 18.4 Å². The van der Waals surface area contributed by atoms with Gasteiger partial charge in [0.1, 0.15) is 12.9 Å². The molecule has 0 saturated heterocycles. The summed E-state index contributed by atoms with van der Waals surface area (Å²) in [5, 5.41) is 0.493. The number of hydrogen-bond acceptors (Lipinski definition) is 4. The van der Waals surface area contributed by atoms with E-state index in [9.17, 15) is 9.59 Å². The number of anilines is 1. The summed E-state index contributed by atoms with van der Waals surface area (Å²) in [7, 11) is 1.74. The normalized spacial score (nSPS) is 13.4. The van der Waals surface area contributed by atoms with E-state index in [-0.39, 0.29) is 18.0 Å². The zero-order valence-electron chi connectivity index (χ0n) is 16.3. The zero-order valence-corrected chi connectivity index (χ0v) is 16.3. The van der Waals surface area contributed by atoms with Crippen molar-refractivity contribution in [1.29, 1.82) is 0 Å². The Hall–Kier alpha value is -3.02. The number of para-hydroxylation sites is 1. The zero-order chi connectivity index (χ0) is 19.7. The van der Waals surface area contributed by atoms with E-state index in [0.29, 0.717) is 11.0 Å². The molecule has 1 aliphatic carbocycles. The average Bonchev–Trinajstić information content (AvgIpc) is 2.74. The molecule has 0 radical (unpaired) electrons. The average molecular weight is 376 g/mol. The molecule has 0 aliphatic heterocycles. The highest BCUT2D eigenvalue weighted by atomic mass is 16.2. The number of pyridine rings is 1. The van der Waals surface area contributed by atoms with E-state index >= 15 is 0 Å². The van der Waals surface area contributed by atoms with Crippen molar-refractivity contribution in [2.45, 2.75) is 45.6 Å². The molecule has 0 N–H and O–H groups in total. The molecule has 3 aromatic rings. The second-order valence-corrected chi connectivity index (χ2v) is 7.29. The Labute approximate surface area is 163 Å². The van der Waals surface area contributed by atoms with E-state index in [2.05, 4.69) is 16.9 Å². The minimum atomic E-state index is -0.212. The minimum Gasteiger partial charge on any atom is -0.314 e. The third-order valence-corrected chi connectivity index (χ3v) is 5.50. The number of hydrogen-bond donors (Lipinski definition) is 0. The van der Waals surface area contributed by atoms with Crippen LogP contribution in [0.3, 0.4) is 0 Å². The Morgan fingerprint density at radius 3 is 2.82 bits per heavy atom. The summed E-state index contributed by atoms with van der Waals surface area (Å²) in [5.41, 5.74) is 4.41. The lowest BCUT2D eigenvalue weighted by Gasteiger charge is -2.21. The number of aromatic nitrogens is 3. The highest BCUT2D eigenvalue weighted by Crippen LogP contribution is 2.22. The molecule has 0 atom stereocenters. The fourth-order valence-electron chi connectivity index (χ4n) is 3.85. The van der Waals surface area contributed by atoms with Crippen LogP contribution in [-0.2, 0) is 30.6 Å². The number of rotatable bonds is 4. The van der Waals surface area contributed by atoms with Gasteiger partial charge in [-0.15, -0.1) is 0 Å². The van der Waals surface area contributed by atoms with E-state index in [4.69, 9.17) is 0 Å².